The molecule has 0 saturated heterocycles. The third-order valence-corrected chi connectivity index (χ3v) is 2.41. The highest BCUT2D eigenvalue weighted by Gasteiger charge is 2.09. The van der Waals surface area contributed by atoms with Crippen molar-refractivity contribution in [3.8, 4) is 11.5 Å². The van der Waals surface area contributed by atoms with Crippen molar-refractivity contribution in [2.75, 3.05) is 20.0 Å². The van der Waals surface area contributed by atoms with Crippen molar-refractivity contribution in [2.45, 2.75) is 0 Å². The molecule has 0 saturated carbocycles. The zero-order valence-electron chi connectivity index (χ0n) is 8.78. The molecule has 0 bridgehead atoms. The Hall–Kier alpha value is -1.90. The summed E-state index contributed by atoms with van der Waals surface area (Å²) in [5, 5.41) is 1.97. The smallest absolute Gasteiger partial charge is 0.153 e. The number of ether oxygens (including phenoxy) is 2. The highest BCUT2D eigenvalue weighted by molar-refractivity contribution is 5.97. The number of hydrogen-bond acceptors (Lipinski definition) is 3. The van der Waals surface area contributed by atoms with Crippen LogP contribution in [0.15, 0.2) is 30.3 Å². The standard InChI is InChI=1S/C12H13NO2/c1-14-10-5-3-4-8-6-7-9(13)12(15-2)11(8)10/h3-7H,13H2,1-2H3. The van der Waals surface area contributed by atoms with E-state index in [0.717, 1.165) is 16.5 Å². The molecular formula is C12H13NO2. The van der Waals surface area contributed by atoms with E-state index >= 15 is 0 Å². The molecule has 2 aromatic rings. The lowest BCUT2D eigenvalue weighted by Gasteiger charge is -2.11. The van der Waals surface area contributed by atoms with Crippen LogP contribution in [0, 0.1) is 0 Å². The number of fused-ring (bicyclic) bond motifs is 1. The van der Waals surface area contributed by atoms with Gasteiger partial charge in [0.05, 0.1) is 25.3 Å². The molecule has 0 atom stereocenters. The molecule has 0 spiro atoms. The predicted octanol–water partition coefficient (Wildman–Crippen LogP) is 2.44. The first-order valence-electron chi connectivity index (χ1n) is 4.67. The molecule has 0 unspecified atom stereocenters. The molecule has 0 aliphatic heterocycles. The Labute approximate surface area is 88.4 Å². The average Bonchev–Trinajstić information content (AvgIpc) is 2.28. The summed E-state index contributed by atoms with van der Waals surface area (Å²) in [6, 6.07) is 9.62. The van der Waals surface area contributed by atoms with Gasteiger partial charge < -0.3 is 15.2 Å². The fraction of sp³-hybridized carbons (Fsp3) is 0.167. The van der Waals surface area contributed by atoms with Crippen molar-refractivity contribution in [3.63, 3.8) is 0 Å². The summed E-state index contributed by atoms with van der Waals surface area (Å²) in [4.78, 5) is 0. The van der Waals surface area contributed by atoms with Gasteiger partial charge in [-0.1, -0.05) is 18.2 Å². The lowest BCUT2D eigenvalue weighted by Crippen LogP contribution is -1.95. The summed E-state index contributed by atoms with van der Waals surface area (Å²) in [6.07, 6.45) is 0. The van der Waals surface area contributed by atoms with E-state index in [4.69, 9.17) is 15.2 Å². The number of rotatable bonds is 2. The highest BCUT2D eigenvalue weighted by Crippen LogP contribution is 2.37. The molecule has 0 heterocycles. The zero-order chi connectivity index (χ0) is 10.8. The Morgan fingerprint density at radius 1 is 1.00 bits per heavy atom. The normalized spacial score (nSPS) is 10.3. The van der Waals surface area contributed by atoms with Gasteiger partial charge in [0.25, 0.3) is 0 Å². The minimum atomic E-state index is 0.620. The lowest BCUT2D eigenvalue weighted by molar-refractivity contribution is 0.406. The second-order valence-corrected chi connectivity index (χ2v) is 3.25. The van der Waals surface area contributed by atoms with E-state index in [0.29, 0.717) is 11.4 Å². The van der Waals surface area contributed by atoms with Gasteiger partial charge >= 0.3 is 0 Å². The van der Waals surface area contributed by atoms with E-state index < -0.39 is 0 Å². The molecule has 2 aromatic carbocycles. The number of benzene rings is 2. The Morgan fingerprint density at radius 3 is 2.47 bits per heavy atom. The zero-order valence-corrected chi connectivity index (χ0v) is 8.78. The van der Waals surface area contributed by atoms with Crippen LogP contribution in [0.2, 0.25) is 0 Å². The van der Waals surface area contributed by atoms with Crippen LogP contribution in [0.1, 0.15) is 0 Å². The van der Waals surface area contributed by atoms with E-state index in [1.165, 1.54) is 0 Å². The van der Waals surface area contributed by atoms with Gasteiger partial charge in [-0.25, -0.2) is 0 Å². The van der Waals surface area contributed by atoms with Gasteiger partial charge in [0.2, 0.25) is 0 Å². The molecule has 15 heavy (non-hydrogen) atoms. The van der Waals surface area contributed by atoms with Gasteiger partial charge in [-0.05, 0) is 17.5 Å². The van der Waals surface area contributed by atoms with Gasteiger partial charge in [0.15, 0.2) is 5.75 Å². The van der Waals surface area contributed by atoms with E-state index in [2.05, 4.69) is 0 Å². The van der Waals surface area contributed by atoms with Crippen molar-refractivity contribution in [3.05, 3.63) is 30.3 Å². The second kappa shape index (κ2) is 3.69. The van der Waals surface area contributed by atoms with E-state index in [-0.39, 0.29) is 0 Å². The van der Waals surface area contributed by atoms with Gasteiger partial charge in [-0.15, -0.1) is 0 Å². The third-order valence-electron chi connectivity index (χ3n) is 2.41. The van der Waals surface area contributed by atoms with Crippen molar-refractivity contribution in [1.82, 2.24) is 0 Å². The van der Waals surface area contributed by atoms with Crippen LogP contribution in [-0.4, -0.2) is 14.2 Å². The average molecular weight is 203 g/mol. The Balaban J connectivity index is 2.87. The molecule has 2 rings (SSSR count). The maximum Gasteiger partial charge on any atom is 0.153 e. The number of anilines is 1. The predicted molar refractivity (Wildman–Crippen MR) is 61.5 cm³/mol. The van der Waals surface area contributed by atoms with Gasteiger partial charge in [0, 0.05) is 0 Å². The summed E-state index contributed by atoms with van der Waals surface area (Å²) in [7, 11) is 3.25. The van der Waals surface area contributed by atoms with E-state index in [9.17, 15) is 0 Å². The van der Waals surface area contributed by atoms with Crippen molar-refractivity contribution in [2.24, 2.45) is 0 Å². The van der Waals surface area contributed by atoms with E-state index in [1.807, 2.05) is 30.3 Å². The molecule has 78 valence electrons. The van der Waals surface area contributed by atoms with Crippen LogP contribution in [0.5, 0.6) is 11.5 Å². The second-order valence-electron chi connectivity index (χ2n) is 3.25. The number of hydrogen-bond donors (Lipinski definition) is 1. The molecule has 0 fully saturated rings. The maximum absolute atomic E-state index is 5.84. The molecule has 2 N–H and O–H groups in total. The SMILES string of the molecule is COc1cccc2ccc(N)c(OC)c12. The molecule has 0 amide bonds. The van der Waals surface area contributed by atoms with Crippen molar-refractivity contribution in [1.29, 1.82) is 0 Å². The van der Waals surface area contributed by atoms with Crippen LogP contribution >= 0.6 is 0 Å². The summed E-state index contributed by atoms with van der Waals surface area (Å²) in [5.41, 5.74) is 6.46. The molecule has 0 aromatic heterocycles. The number of methoxy groups -OCH3 is 2. The topological polar surface area (TPSA) is 44.5 Å². The molecular weight excluding hydrogens is 190 g/mol. The minimum absolute atomic E-state index is 0.620. The lowest BCUT2D eigenvalue weighted by atomic mass is 10.1. The monoisotopic (exact) mass is 203 g/mol. The molecule has 0 radical (unpaired) electrons. The van der Waals surface area contributed by atoms with Crippen molar-refractivity contribution < 1.29 is 9.47 Å². The van der Waals surface area contributed by atoms with Crippen LogP contribution in [0.25, 0.3) is 10.8 Å². The van der Waals surface area contributed by atoms with Gasteiger partial charge in [-0.3, -0.25) is 0 Å². The Morgan fingerprint density at radius 2 is 1.80 bits per heavy atom. The molecule has 3 heteroatoms. The third kappa shape index (κ3) is 1.46. The van der Waals surface area contributed by atoms with Gasteiger partial charge in [-0.2, -0.15) is 0 Å². The first-order chi connectivity index (χ1) is 7.27. The summed E-state index contributed by atoms with van der Waals surface area (Å²) in [5.74, 6) is 1.45. The molecule has 0 aliphatic carbocycles. The largest absolute Gasteiger partial charge is 0.496 e. The first kappa shape index (κ1) is 9.65. The summed E-state index contributed by atoms with van der Waals surface area (Å²) >= 11 is 0. The maximum atomic E-state index is 5.84. The Bertz CT molecular complexity index is 494. The van der Waals surface area contributed by atoms with Crippen LogP contribution in [-0.2, 0) is 0 Å². The molecule has 0 aliphatic rings. The van der Waals surface area contributed by atoms with Crippen molar-refractivity contribution >= 4 is 16.5 Å². The van der Waals surface area contributed by atoms with Gasteiger partial charge in [0.1, 0.15) is 5.75 Å². The molecule has 3 nitrogen and oxygen atoms in total. The highest BCUT2D eigenvalue weighted by atomic mass is 16.5. The minimum Gasteiger partial charge on any atom is -0.496 e. The van der Waals surface area contributed by atoms with Crippen LogP contribution < -0.4 is 15.2 Å². The van der Waals surface area contributed by atoms with Crippen LogP contribution in [0.3, 0.4) is 0 Å². The summed E-state index contributed by atoms with van der Waals surface area (Å²) in [6.45, 7) is 0. The van der Waals surface area contributed by atoms with E-state index in [1.54, 1.807) is 14.2 Å². The van der Waals surface area contributed by atoms with Crippen LogP contribution in [0.4, 0.5) is 5.69 Å². The fourth-order valence-electron chi connectivity index (χ4n) is 1.72. The fourth-order valence-corrected chi connectivity index (χ4v) is 1.72. The number of nitrogen functional groups attached to an aromatic ring is 1. The Kier molecular flexibility index (Phi) is 2.37. The number of nitrogens with two attached hydrogens (primary N) is 1. The first-order valence-corrected chi connectivity index (χ1v) is 4.67. The quantitative estimate of drug-likeness (QED) is 0.762. The summed E-state index contributed by atoms with van der Waals surface area (Å²) < 4.78 is 10.6.